The third-order valence-corrected chi connectivity index (χ3v) is 2.25. The van der Waals surface area contributed by atoms with Crippen LogP contribution in [0.1, 0.15) is 5.56 Å². The summed E-state index contributed by atoms with van der Waals surface area (Å²) in [7, 11) is 0. The van der Waals surface area contributed by atoms with Crippen LogP contribution in [0.3, 0.4) is 0 Å². The van der Waals surface area contributed by atoms with Gasteiger partial charge >= 0.3 is 0 Å². The zero-order chi connectivity index (χ0) is 12.3. The monoisotopic (exact) mass is 235 g/mol. The first-order valence-electron chi connectivity index (χ1n) is 5.04. The summed E-state index contributed by atoms with van der Waals surface area (Å²) in [4.78, 5) is 3.62. The van der Waals surface area contributed by atoms with Gasteiger partial charge in [-0.25, -0.2) is 13.8 Å². The third-order valence-electron chi connectivity index (χ3n) is 2.25. The Hall–Kier alpha value is -2.17. The molecule has 0 aliphatic heterocycles. The fourth-order valence-corrected chi connectivity index (χ4v) is 1.37. The van der Waals surface area contributed by atoms with Crippen molar-refractivity contribution in [3.05, 3.63) is 53.7 Å². The van der Waals surface area contributed by atoms with Crippen molar-refractivity contribution in [1.82, 2.24) is 4.98 Å². The largest absolute Gasteiger partial charge is 0.399 e. The molecule has 0 saturated carbocycles. The lowest BCUT2D eigenvalue weighted by molar-refractivity contribution is 0.575. The quantitative estimate of drug-likeness (QED) is 0.804. The van der Waals surface area contributed by atoms with E-state index >= 15 is 0 Å². The average Bonchev–Trinajstić information content (AvgIpc) is 2.30. The lowest BCUT2D eigenvalue weighted by atomic mass is 10.2. The molecule has 0 saturated heterocycles. The Morgan fingerprint density at radius 1 is 1.18 bits per heavy atom. The molecule has 1 aromatic heterocycles. The summed E-state index contributed by atoms with van der Waals surface area (Å²) < 4.78 is 25.8. The second-order valence-electron chi connectivity index (χ2n) is 3.58. The van der Waals surface area contributed by atoms with Gasteiger partial charge in [0.1, 0.15) is 5.82 Å². The van der Waals surface area contributed by atoms with Gasteiger partial charge in [-0.2, -0.15) is 0 Å². The van der Waals surface area contributed by atoms with Crippen LogP contribution in [0.4, 0.5) is 20.3 Å². The van der Waals surface area contributed by atoms with Gasteiger partial charge in [0.15, 0.2) is 11.6 Å². The van der Waals surface area contributed by atoms with Crippen LogP contribution in [-0.4, -0.2) is 4.98 Å². The Bertz CT molecular complexity index is 512. The van der Waals surface area contributed by atoms with Crippen molar-refractivity contribution in [3.8, 4) is 0 Å². The number of anilines is 2. The molecular weight excluding hydrogens is 224 g/mol. The Morgan fingerprint density at radius 2 is 1.88 bits per heavy atom. The van der Waals surface area contributed by atoms with Gasteiger partial charge in [-0.15, -0.1) is 0 Å². The molecule has 17 heavy (non-hydrogen) atoms. The fraction of sp³-hybridized carbons (Fsp3) is 0.0833. The van der Waals surface area contributed by atoms with Gasteiger partial charge < -0.3 is 11.1 Å². The zero-order valence-corrected chi connectivity index (χ0v) is 8.95. The lowest BCUT2D eigenvalue weighted by Gasteiger charge is -2.06. The van der Waals surface area contributed by atoms with E-state index in [0.29, 0.717) is 12.2 Å². The maximum absolute atomic E-state index is 13.2. The van der Waals surface area contributed by atoms with Crippen LogP contribution in [-0.2, 0) is 6.54 Å². The highest BCUT2D eigenvalue weighted by Gasteiger charge is 2.04. The topological polar surface area (TPSA) is 50.9 Å². The number of hydrogen-bond donors (Lipinski definition) is 2. The fourth-order valence-electron chi connectivity index (χ4n) is 1.37. The van der Waals surface area contributed by atoms with Gasteiger partial charge in [-0.3, -0.25) is 0 Å². The first-order chi connectivity index (χ1) is 8.15. The Kier molecular flexibility index (Phi) is 3.18. The van der Waals surface area contributed by atoms with E-state index in [1.54, 1.807) is 12.1 Å². The summed E-state index contributed by atoms with van der Waals surface area (Å²) >= 11 is 0. The molecule has 0 unspecified atom stereocenters. The SMILES string of the molecule is Nc1ccc(CNc2ncc(F)cc2F)cc1. The summed E-state index contributed by atoms with van der Waals surface area (Å²) in [5.74, 6) is -1.37. The number of rotatable bonds is 3. The Morgan fingerprint density at radius 3 is 2.53 bits per heavy atom. The van der Waals surface area contributed by atoms with E-state index in [1.807, 2.05) is 12.1 Å². The maximum atomic E-state index is 13.2. The maximum Gasteiger partial charge on any atom is 0.168 e. The van der Waals surface area contributed by atoms with E-state index in [-0.39, 0.29) is 5.82 Å². The second kappa shape index (κ2) is 4.78. The number of nitrogens with zero attached hydrogens (tertiary/aromatic N) is 1. The molecule has 1 heterocycles. The lowest BCUT2D eigenvalue weighted by Crippen LogP contribution is -2.04. The van der Waals surface area contributed by atoms with Crippen LogP contribution in [0.2, 0.25) is 0 Å². The number of halogens is 2. The molecule has 0 spiro atoms. The van der Waals surface area contributed by atoms with Crippen LogP contribution in [0, 0.1) is 11.6 Å². The molecule has 3 N–H and O–H groups in total. The molecule has 2 rings (SSSR count). The van der Waals surface area contributed by atoms with Gasteiger partial charge in [0.2, 0.25) is 0 Å². The number of pyridine rings is 1. The van der Waals surface area contributed by atoms with Crippen molar-refractivity contribution in [3.63, 3.8) is 0 Å². The van der Waals surface area contributed by atoms with Gasteiger partial charge in [-0.05, 0) is 17.7 Å². The first kappa shape index (κ1) is 11.3. The molecule has 0 aliphatic carbocycles. The van der Waals surface area contributed by atoms with Crippen molar-refractivity contribution in [2.45, 2.75) is 6.54 Å². The number of nitrogen functional groups attached to an aromatic ring is 1. The minimum absolute atomic E-state index is 0.0308. The zero-order valence-electron chi connectivity index (χ0n) is 8.95. The normalized spacial score (nSPS) is 10.2. The predicted molar refractivity (Wildman–Crippen MR) is 62.3 cm³/mol. The summed E-state index contributed by atoms with van der Waals surface area (Å²) in [5.41, 5.74) is 7.14. The molecule has 1 aromatic carbocycles. The second-order valence-corrected chi connectivity index (χ2v) is 3.58. The summed E-state index contributed by atoms with van der Waals surface area (Å²) in [6.45, 7) is 0.399. The molecular formula is C12H11F2N3. The van der Waals surface area contributed by atoms with Crippen LogP contribution in [0.25, 0.3) is 0 Å². The number of hydrogen-bond acceptors (Lipinski definition) is 3. The molecule has 0 bridgehead atoms. The van der Waals surface area contributed by atoms with Crippen molar-refractivity contribution in [2.75, 3.05) is 11.1 Å². The van der Waals surface area contributed by atoms with Crippen LogP contribution < -0.4 is 11.1 Å². The van der Waals surface area contributed by atoms with E-state index in [1.165, 1.54) is 0 Å². The Balaban J connectivity index is 2.04. The minimum atomic E-state index is -0.708. The van der Waals surface area contributed by atoms with Crippen molar-refractivity contribution >= 4 is 11.5 Å². The van der Waals surface area contributed by atoms with Crippen LogP contribution >= 0.6 is 0 Å². The Labute approximate surface area is 97.3 Å². The van der Waals surface area contributed by atoms with Gasteiger partial charge in [0.25, 0.3) is 0 Å². The number of benzene rings is 1. The third kappa shape index (κ3) is 2.90. The van der Waals surface area contributed by atoms with Gasteiger partial charge in [0.05, 0.1) is 6.20 Å². The molecule has 0 radical (unpaired) electrons. The van der Waals surface area contributed by atoms with E-state index in [9.17, 15) is 8.78 Å². The summed E-state index contributed by atoms with van der Waals surface area (Å²) in [5, 5.41) is 2.78. The molecule has 88 valence electrons. The highest BCUT2D eigenvalue weighted by molar-refractivity contribution is 5.41. The minimum Gasteiger partial charge on any atom is -0.399 e. The summed E-state index contributed by atoms with van der Waals surface area (Å²) in [6, 6.07) is 7.95. The molecule has 0 fully saturated rings. The number of aromatic nitrogens is 1. The van der Waals surface area contributed by atoms with Crippen LogP contribution in [0.15, 0.2) is 36.5 Å². The van der Waals surface area contributed by atoms with E-state index in [2.05, 4.69) is 10.3 Å². The van der Waals surface area contributed by atoms with Crippen molar-refractivity contribution in [1.29, 1.82) is 0 Å². The molecule has 5 heteroatoms. The smallest absolute Gasteiger partial charge is 0.168 e. The van der Waals surface area contributed by atoms with E-state index < -0.39 is 11.6 Å². The van der Waals surface area contributed by atoms with E-state index in [4.69, 9.17) is 5.73 Å². The highest BCUT2D eigenvalue weighted by atomic mass is 19.1. The number of nitrogens with two attached hydrogens (primary N) is 1. The molecule has 0 aliphatic rings. The molecule has 0 atom stereocenters. The van der Waals surface area contributed by atoms with Crippen molar-refractivity contribution < 1.29 is 8.78 Å². The number of nitrogens with one attached hydrogen (secondary N) is 1. The molecule has 0 amide bonds. The average molecular weight is 235 g/mol. The predicted octanol–water partition coefficient (Wildman–Crippen LogP) is 2.55. The molecule has 3 nitrogen and oxygen atoms in total. The van der Waals surface area contributed by atoms with Gasteiger partial charge in [0, 0.05) is 18.3 Å². The van der Waals surface area contributed by atoms with E-state index in [0.717, 1.165) is 17.8 Å². The molecule has 2 aromatic rings. The standard InChI is InChI=1S/C12H11F2N3/c13-9-5-11(14)12(17-7-9)16-6-8-1-3-10(15)4-2-8/h1-5,7H,6,15H2,(H,16,17). The van der Waals surface area contributed by atoms with Crippen LogP contribution in [0.5, 0.6) is 0 Å². The van der Waals surface area contributed by atoms with Crippen molar-refractivity contribution in [2.24, 2.45) is 0 Å². The summed E-state index contributed by atoms with van der Waals surface area (Å²) in [6.07, 6.45) is 0.967. The van der Waals surface area contributed by atoms with Gasteiger partial charge in [-0.1, -0.05) is 12.1 Å². The highest BCUT2D eigenvalue weighted by Crippen LogP contribution is 2.13. The first-order valence-corrected chi connectivity index (χ1v) is 5.04.